The number of hydrogen-bond acceptors (Lipinski definition) is 5. The minimum atomic E-state index is -4.11. The molecule has 0 spiro atoms. The largest absolute Gasteiger partial charge is 0.376 e. The van der Waals surface area contributed by atoms with E-state index in [2.05, 4.69) is 10.6 Å². The zero-order chi connectivity index (χ0) is 25.0. The van der Waals surface area contributed by atoms with Crippen LogP contribution in [0.1, 0.15) is 18.4 Å². The molecule has 2 aromatic carbocycles. The van der Waals surface area contributed by atoms with Gasteiger partial charge in [0.25, 0.3) is 0 Å². The van der Waals surface area contributed by atoms with E-state index in [-0.39, 0.29) is 37.2 Å². The van der Waals surface area contributed by atoms with Gasteiger partial charge >= 0.3 is 6.03 Å². The van der Waals surface area contributed by atoms with Crippen molar-refractivity contribution in [3.63, 3.8) is 0 Å². The standard InChI is InChI=1S/C24H29FN4O5S/c1-17-4-8-19(9-5-17)27-24(31)28-12-13-29(35(32,33)21-10-6-18(25)7-11-21)22(16-28)23(30)26-15-20-3-2-14-34-20/h4-11,20,22H,2-3,12-16H2,1H3,(H,26,30)(H,27,31). The summed E-state index contributed by atoms with van der Waals surface area (Å²) < 4.78 is 46.7. The first-order valence-electron chi connectivity index (χ1n) is 11.5. The van der Waals surface area contributed by atoms with E-state index in [0.29, 0.717) is 12.3 Å². The zero-order valence-electron chi connectivity index (χ0n) is 19.4. The predicted molar refractivity (Wildman–Crippen MR) is 128 cm³/mol. The molecule has 2 fully saturated rings. The molecule has 2 heterocycles. The van der Waals surface area contributed by atoms with Gasteiger partial charge in [-0.25, -0.2) is 17.6 Å². The number of aryl methyl sites for hydroxylation is 1. The Kier molecular flexibility index (Phi) is 7.68. The average Bonchev–Trinajstić information content (AvgIpc) is 3.37. The van der Waals surface area contributed by atoms with Gasteiger partial charge in [0.1, 0.15) is 11.9 Å². The number of urea groups is 1. The van der Waals surface area contributed by atoms with Crippen molar-refractivity contribution in [3.8, 4) is 0 Å². The Labute approximate surface area is 204 Å². The normalized spacial score (nSPS) is 21.0. The zero-order valence-corrected chi connectivity index (χ0v) is 20.3. The third-order valence-corrected chi connectivity index (χ3v) is 8.09. The molecule has 188 valence electrons. The highest BCUT2D eigenvalue weighted by Gasteiger charge is 2.41. The molecule has 2 aliphatic heterocycles. The van der Waals surface area contributed by atoms with Gasteiger partial charge in [-0.15, -0.1) is 0 Å². The van der Waals surface area contributed by atoms with Gasteiger partial charge in [0.2, 0.25) is 15.9 Å². The third-order valence-electron chi connectivity index (χ3n) is 6.17. The van der Waals surface area contributed by atoms with Crippen LogP contribution in [0.3, 0.4) is 0 Å². The van der Waals surface area contributed by atoms with Crippen molar-refractivity contribution in [3.05, 3.63) is 59.9 Å². The van der Waals surface area contributed by atoms with E-state index >= 15 is 0 Å². The molecule has 3 amide bonds. The Balaban J connectivity index is 1.52. The van der Waals surface area contributed by atoms with Crippen LogP contribution < -0.4 is 10.6 Å². The van der Waals surface area contributed by atoms with Crippen molar-refractivity contribution in [1.82, 2.24) is 14.5 Å². The molecule has 2 unspecified atom stereocenters. The molecule has 4 rings (SSSR count). The van der Waals surface area contributed by atoms with Gasteiger partial charge in [0.15, 0.2) is 0 Å². The number of rotatable bonds is 6. The number of anilines is 1. The Morgan fingerprint density at radius 1 is 1.09 bits per heavy atom. The molecule has 2 N–H and O–H groups in total. The number of carbonyl (C=O) groups is 2. The van der Waals surface area contributed by atoms with Crippen molar-refractivity contribution in [2.75, 3.05) is 38.1 Å². The second kappa shape index (κ2) is 10.7. The molecule has 2 atom stereocenters. The van der Waals surface area contributed by atoms with Crippen LogP contribution in [-0.2, 0) is 19.6 Å². The summed E-state index contributed by atoms with van der Waals surface area (Å²) in [4.78, 5) is 27.4. The van der Waals surface area contributed by atoms with Gasteiger partial charge in [-0.05, 0) is 56.2 Å². The maximum absolute atomic E-state index is 13.4. The quantitative estimate of drug-likeness (QED) is 0.628. The molecule has 35 heavy (non-hydrogen) atoms. The average molecular weight is 505 g/mol. The van der Waals surface area contributed by atoms with Crippen molar-refractivity contribution < 1.29 is 27.1 Å². The molecule has 9 nitrogen and oxygen atoms in total. The maximum Gasteiger partial charge on any atom is 0.321 e. The van der Waals surface area contributed by atoms with E-state index in [9.17, 15) is 22.4 Å². The summed E-state index contributed by atoms with van der Waals surface area (Å²) in [5.41, 5.74) is 1.65. The van der Waals surface area contributed by atoms with Crippen LogP contribution in [-0.4, -0.2) is 74.5 Å². The number of amides is 3. The lowest BCUT2D eigenvalue weighted by atomic mass is 10.2. The first kappa shape index (κ1) is 25.1. The fourth-order valence-electron chi connectivity index (χ4n) is 4.17. The fourth-order valence-corrected chi connectivity index (χ4v) is 5.74. The number of hydrogen-bond donors (Lipinski definition) is 2. The minimum Gasteiger partial charge on any atom is -0.376 e. The fraction of sp³-hybridized carbons (Fsp3) is 0.417. The topological polar surface area (TPSA) is 108 Å². The summed E-state index contributed by atoms with van der Waals surface area (Å²) in [5.74, 6) is -1.08. The molecule has 0 bridgehead atoms. The molecule has 2 aromatic rings. The Hall–Kier alpha value is -3.02. The first-order chi connectivity index (χ1) is 16.7. The number of nitrogens with one attached hydrogen (secondary N) is 2. The van der Waals surface area contributed by atoms with Gasteiger partial charge in [-0.2, -0.15) is 4.31 Å². The number of benzene rings is 2. The number of piperazine rings is 1. The number of sulfonamides is 1. The molecule has 2 aliphatic rings. The summed E-state index contributed by atoms with van der Waals surface area (Å²) in [6, 6.07) is 10.2. The van der Waals surface area contributed by atoms with Crippen LogP contribution in [0.15, 0.2) is 53.4 Å². The van der Waals surface area contributed by atoms with E-state index in [4.69, 9.17) is 4.74 Å². The molecular weight excluding hydrogens is 475 g/mol. The van der Waals surface area contributed by atoms with Gasteiger partial charge in [0.05, 0.1) is 11.0 Å². The molecule has 2 saturated heterocycles. The number of halogens is 1. The Morgan fingerprint density at radius 2 is 1.80 bits per heavy atom. The summed E-state index contributed by atoms with van der Waals surface area (Å²) in [5, 5.41) is 5.58. The van der Waals surface area contributed by atoms with Crippen molar-refractivity contribution in [1.29, 1.82) is 0 Å². The highest BCUT2D eigenvalue weighted by atomic mass is 32.2. The number of carbonyl (C=O) groups excluding carboxylic acids is 2. The summed E-state index contributed by atoms with van der Waals surface area (Å²) in [7, 11) is -4.11. The van der Waals surface area contributed by atoms with E-state index < -0.39 is 33.8 Å². The van der Waals surface area contributed by atoms with Gasteiger partial charge in [-0.1, -0.05) is 17.7 Å². The summed E-state index contributed by atoms with van der Waals surface area (Å²) >= 11 is 0. The van der Waals surface area contributed by atoms with Gasteiger partial charge in [-0.3, -0.25) is 4.79 Å². The minimum absolute atomic E-state index is 0.0843. The predicted octanol–water partition coefficient (Wildman–Crippen LogP) is 2.34. The Bertz CT molecular complexity index is 1150. The van der Waals surface area contributed by atoms with Crippen LogP contribution >= 0.6 is 0 Å². The monoisotopic (exact) mass is 504 g/mol. The van der Waals surface area contributed by atoms with Gasteiger partial charge < -0.3 is 20.3 Å². The molecule has 0 saturated carbocycles. The summed E-state index contributed by atoms with van der Waals surface area (Å²) in [6.45, 7) is 2.70. The van der Waals surface area contributed by atoms with Crippen molar-refractivity contribution in [2.24, 2.45) is 0 Å². The Morgan fingerprint density at radius 3 is 2.46 bits per heavy atom. The van der Waals surface area contributed by atoms with Crippen LogP contribution in [0.4, 0.5) is 14.9 Å². The lowest BCUT2D eigenvalue weighted by molar-refractivity contribution is -0.126. The second-order valence-electron chi connectivity index (χ2n) is 8.71. The SMILES string of the molecule is Cc1ccc(NC(=O)N2CCN(S(=O)(=O)c3ccc(F)cc3)C(C(=O)NCC3CCCO3)C2)cc1. The van der Waals surface area contributed by atoms with E-state index in [0.717, 1.165) is 34.8 Å². The second-order valence-corrected chi connectivity index (χ2v) is 10.6. The van der Waals surface area contributed by atoms with Crippen molar-refractivity contribution in [2.45, 2.75) is 36.8 Å². The van der Waals surface area contributed by atoms with Crippen LogP contribution in [0, 0.1) is 12.7 Å². The molecular formula is C24H29FN4O5S. The molecule has 0 aromatic heterocycles. The first-order valence-corrected chi connectivity index (χ1v) is 13.0. The third kappa shape index (κ3) is 5.98. The van der Waals surface area contributed by atoms with E-state index in [1.165, 1.54) is 17.0 Å². The maximum atomic E-state index is 13.4. The number of nitrogens with zero attached hydrogens (tertiary/aromatic N) is 2. The van der Waals surface area contributed by atoms with Crippen LogP contribution in [0.2, 0.25) is 0 Å². The van der Waals surface area contributed by atoms with Crippen LogP contribution in [0.5, 0.6) is 0 Å². The molecule has 11 heteroatoms. The summed E-state index contributed by atoms with van der Waals surface area (Å²) in [6.07, 6.45) is 1.60. The smallest absolute Gasteiger partial charge is 0.321 e. The highest BCUT2D eigenvalue weighted by molar-refractivity contribution is 7.89. The van der Waals surface area contributed by atoms with Crippen molar-refractivity contribution >= 4 is 27.6 Å². The van der Waals surface area contributed by atoms with Crippen LogP contribution in [0.25, 0.3) is 0 Å². The van der Waals surface area contributed by atoms with E-state index in [1.54, 1.807) is 12.1 Å². The molecule has 0 aliphatic carbocycles. The van der Waals surface area contributed by atoms with E-state index in [1.807, 2.05) is 19.1 Å². The highest BCUT2D eigenvalue weighted by Crippen LogP contribution is 2.23. The molecule has 0 radical (unpaired) electrons. The van der Waals surface area contributed by atoms with Gasteiger partial charge in [0, 0.05) is 38.5 Å². The number of ether oxygens (including phenoxy) is 1. The lowest BCUT2D eigenvalue weighted by Gasteiger charge is -2.39. The lowest BCUT2D eigenvalue weighted by Crippen LogP contribution is -2.62.